The molecule has 0 saturated carbocycles. The van der Waals surface area contributed by atoms with Crippen molar-refractivity contribution in [1.82, 2.24) is 0 Å². The summed E-state index contributed by atoms with van der Waals surface area (Å²) in [6.07, 6.45) is -45.3. The van der Waals surface area contributed by atoms with Gasteiger partial charge < -0.3 is 143 Å². The van der Waals surface area contributed by atoms with Crippen LogP contribution in [0.3, 0.4) is 0 Å². The Bertz CT molecular complexity index is 3060. The van der Waals surface area contributed by atoms with E-state index in [2.05, 4.69) is 0 Å². The first kappa shape index (κ1) is 72.9. The number of methoxy groups -OCH3 is 1. The first-order valence-corrected chi connectivity index (χ1v) is 29.1. The number of phenolic OH excluding ortho intramolecular Hbond substituents is 2. The lowest BCUT2D eigenvalue weighted by atomic mass is 9.95. The number of ether oxygens (including phenoxy) is 15. The Balaban J connectivity index is 1.28. The third-order valence-corrected chi connectivity index (χ3v) is 15.5. The zero-order valence-corrected chi connectivity index (χ0v) is 50.2. The van der Waals surface area contributed by atoms with E-state index in [0.29, 0.717) is 5.56 Å². The van der Waals surface area contributed by atoms with E-state index in [4.69, 9.17) is 71.1 Å². The lowest BCUT2D eigenvalue weighted by Crippen LogP contribution is -2.69. The number of hydrogen-bond donors (Lipinski definition) is 14. The number of benzene rings is 3. The van der Waals surface area contributed by atoms with Crippen LogP contribution >= 0.6 is 0 Å². The largest absolute Gasteiger partial charge is 0.508 e. The van der Waals surface area contributed by atoms with E-state index >= 15 is 0 Å². The molecule has 0 unspecified atom stereocenters. The maximum absolute atomic E-state index is 14.3. The molecule has 34 nitrogen and oxygen atoms in total. The zero-order chi connectivity index (χ0) is 68.3. The Morgan fingerprint density at radius 3 is 1.56 bits per heavy atom. The van der Waals surface area contributed by atoms with Gasteiger partial charge in [0.2, 0.25) is 5.79 Å². The predicted octanol–water partition coefficient (Wildman–Crippen LogP) is -4.97. The second-order valence-electron chi connectivity index (χ2n) is 22.0. The van der Waals surface area contributed by atoms with Crippen molar-refractivity contribution in [3.63, 3.8) is 0 Å². The summed E-state index contributed by atoms with van der Waals surface area (Å²) >= 11 is 0. The molecule has 3 aromatic rings. The molecule has 0 radical (unpaired) electrons. The highest BCUT2D eigenvalue weighted by Gasteiger charge is 2.64. The number of aromatic hydroxyl groups is 2. The van der Waals surface area contributed by atoms with Crippen molar-refractivity contribution in [2.45, 2.75) is 161 Å². The highest BCUT2D eigenvalue weighted by Crippen LogP contribution is 2.43. The van der Waals surface area contributed by atoms with Crippen LogP contribution in [-0.2, 0) is 85.5 Å². The fourth-order valence-corrected chi connectivity index (χ4v) is 10.5. The number of carbonyl (C=O) groups is 5. The standard InChI is InChI=1S/C60H74O34/c1-26(64)81-23-37-50(89-56-47(76)44(73)41(70)34(20-61)84-56)46(75)49(78)58(86-37)90-52-51(88-40(69)18-12-28-9-14-31(66)15-10-28)38(24-82-27(2)65)87-59(53(52)91-57-48(77)45(74)42(71)35(21-62)85-57)94-60(25-83-39(68)17-13-29-11-16-32(67)33(19-29)80-3)54(43(72)36(22-63)93-60)92-55(79)30-7-5-4-6-8-30/h4-19,34-38,41-54,56-59,61-63,66-67,70-78H,20-25H2,1-3H3/t34-,35+,36+,37-,38+,41-,42+,43+,44+,45+,46-,47-,48-,49-,50-,51+,52-,53+,54-,56+,57+,58+,59-,60+/m0/s1. The molecule has 14 N–H and O–H groups in total. The fourth-order valence-electron chi connectivity index (χ4n) is 10.5. The summed E-state index contributed by atoms with van der Waals surface area (Å²) in [6.45, 7) is -4.45. The highest BCUT2D eigenvalue weighted by atomic mass is 16.8. The molecule has 24 atom stereocenters. The van der Waals surface area contributed by atoms with E-state index < -0.39 is 216 Å². The second-order valence-corrected chi connectivity index (χ2v) is 22.0. The van der Waals surface area contributed by atoms with Crippen LogP contribution in [0.25, 0.3) is 12.2 Å². The SMILES string of the molecule is COc1cc(C=CC(=O)OC[C@]2(O[C@@H]3O[C@H](COC(C)=O)[C@@H](OC(=O)C=Cc4ccc(O)cc4)[C@H](O[C@H]4O[C@@H](COC(C)=O)[C@H](O[C@H]5O[C@@H](CO)[C@H](O)[C@@H](O)[C@@H]5O)[C@@H](O)[C@@H]4O)[C@H]3O[C@H]3O[C@H](CO)[C@@H](O)[C@@H](O)[C@@H]3O)O[C@H](CO)[C@@H](O)[C@@H]2OC(=O)c2ccccc2)ccc1O. The minimum Gasteiger partial charge on any atom is -0.508 e. The molecule has 5 aliphatic heterocycles. The number of hydrogen-bond acceptors (Lipinski definition) is 34. The van der Waals surface area contributed by atoms with Crippen molar-refractivity contribution >= 4 is 42.0 Å². The Hall–Kier alpha value is -6.95. The highest BCUT2D eigenvalue weighted by molar-refractivity contribution is 5.90. The Morgan fingerprint density at radius 2 is 1.00 bits per heavy atom. The topological polar surface area (TPSA) is 507 Å². The third-order valence-electron chi connectivity index (χ3n) is 15.5. The van der Waals surface area contributed by atoms with Crippen molar-refractivity contribution in [3.8, 4) is 17.2 Å². The molecule has 34 heteroatoms. The van der Waals surface area contributed by atoms with Gasteiger partial charge in [-0.25, -0.2) is 14.4 Å². The summed E-state index contributed by atoms with van der Waals surface area (Å²) in [5.74, 6) is -9.14. The van der Waals surface area contributed by atoms with Crippen LogP contribution < -0.4 is 4.74 Å². The number of aliphatic hydroxyl groups is 12. The van der Waals surface area contributed by atoms with Gasteiger partial charge in [-0.05, 0) is 59.7 Å². The molecule has 0 aliphatic carbocycles. The van der Waals surface area contributed by atoms with Gasteiger partial charge in [0.25, 0.3) is 0 Å². The average molecular weight is 1340 g/mol. The summed E-state index contributed by atoms with van der Waals surface area (Å²) in [5.41, 5.74) is 0.417. The molecule has 0 amide bonds. The van der Waals surface area contributed by atoms with Gasteiger partial charge in [-0.2, -0.15) is 0 Å². The van der Waals surface area contributed by atoms with E-state index in [1.807, 2.05) is 0 Å². The van der Waals surface area contributed by atoms with Gasteiger partial charge in [0.15, 0.2) is 48.9 Å². The summed E-state index contributed by atoms with van der Waals surface area (Å²) < 4.78 is 88.9. The van der Waals surface area contributed by atoms with Crippen LogP contribution in [0.4, 0.5) is 0 Å². The molecule has 5 aliphatic rings. The van der Waals surface area contributed by atoms with Crippen LogP contribution in [0, 0.1) is 0 Å². The van der Waals surface area contributed by atoms with E-state index in [1.54, 1.807) is 6.07 Å². The molecule has 0 bridgehead atoms. The molecule has 94 heavy (non-hydrogen) atoms. The van der Waals surface area contributed by atoms with E-state index in [9.17, 15) is 95.5 Å². The van der Waals surface area contributed by atoms with Gasteiger partial charge in [0, 0.05) is 26.0 Å². The zero-order valence-electron chi connectivity index (χ0n) is 50.2. The normalized spacial score (nSPS) is 36.0. The Morgan fingerprint density at radius 1 is 0.500 bits per heavy atom. The molecule has 5 saturated heterocycles. The summed E-state index contributed by atoms with van der Waals surface area (Å²) in [4.78, 5) is 67.5. The van der Waals surface area contributed by atoms with Crippen LogP contribution in [0.15, 0.2) is 84.9 Å². The summed E-state index contributed by atoms with van der Waals surface area (Å²) in [6, 6.07) is 16.4. The lowest BCUT2D eigenvalue weighted by molar-refractivity contribution is -0.423. The van der Waals surface area contributed by atoms with E-state index in [0.717, 1.165) is 26.0 Å². The van der Waals surface area contributed by atoms with Gasteiger partial charge in [0.1, 0.15) is 129 Å². The van der Waals surface area contributed by atoms with Gasteiger partial charge in [-0.3, -0.25) is 9.59 Å². The Labute approximate surface area is 533 Å². The number of esters is 5. The third kappa shape index (κ3) is 17.4. The molecule has 5 fully saturated rings. The van der Waals surface area contributed by atoms with Crippen molar-refractivity contribution < 1.29 is 167 Å². The predicted molar refractivity (Wildman–Crippen MR) is 304 cm³/mol. The molecule has 3 aromatic carbocycles. The molecule has 8 rings (SSSR count). The number of rotatable bonds is 25. The van der Waals surface area contributed by atoms with Crippen LogP contribution in [-0.4, -0.2) is 295 Å². The smallest absolute Gasteiger partial charge is 0.338 e. The molecule has 0 spiro atoms. The molecular weight excluding hydrogens is 1260 g/mol. The quantitative estimate of drug-likeness (QED) is 0.0215. The first-order valence-electron chi connectivity index (χ1n) is 29.1. The first-order chi connectivity index (χ1) is 44.8. The molecule has 5 heterocycles. The van der Waals surface area contributed by atoms with Crippen LogP contribution in [0.1, 0.15) is 35.3 Å². The van der Waals surface area contributed by atoms with E-state index in [-0.39, 0.29) is 28.4 Å². The lowest BCUT2D eigenvalue weighted by Gasteiger charge is -2.51. The van der Waals surface area contributed by atoms with Crippen LogP contribution in [0.2, 0.25) is 0 Å². The van der Waals surface area contributed by atoms with Gasteiger partial charge >= 0.3 is 29.8 Å². The molecule has 0 aromatic heterocycles. The number of phenols is 2. The van der Waals surface area contributed by atoms with Crippen molar-refractivity contribution in [3.05, 3.63) is 102 Å². The molecular formula is C60H74O34. The summed E-state index contributed by atoms with van der Waals surface area (Å²) in [7, 11) is 1.27. The molecule has 518 valence electrons. The average Bonchev–Trinajstić information content (AvgIpc) is 1.38. The minimum absolute atomic E-state index is 0.00624. The van der Waals surface area contributed by atoms with Crippen molar-refractivity contribution in [2.75, 3.05) is 46.8 Å². The van der Waals surface area contributed by atoms with Gasteiger partial charge in [0.05, 0.1) is 32.5 Å². The van der Waals surface area contributed by atoms with Crippen molar-refractivity contribution in [1.29, 1.82) is 0 Å². The maximum Gasteiger partial charge on any atom is 0.338 e. The number of aliphatic hydroxyl groups excluding tert-OH is 12. The minimum atomic E-state index is -3.02. The Kier molecular flexibility index (Phi) is 25.3. The van der Waals surface area contributed by atoms with E-state index in [1.165, 1.54) is 86.0 Å². The van der Waals surface area contributed by atoms with Gasteiger partial charge in [-0.15, -0.1) is 0 Å². The monoisotopic (exact) mass is 1340 g/mol. The maximum atomic E-state index is 14.3. The number of carbonyl (C=O) groups excluding carboxylic acids is 5. The van der Waals surface area contributed by atoms with Crippen molar-refractivity contribution in [2.24, 2.45) is 0 Å². The van der Waals surface area contributed by atoms with Gasteiger partial charge in [-0.1, -0.05) is 36.4 Å². The fraction of sp³-hybridized carbons (Fsp3) is 0.550. The summed E-state index contributed by atoms with van der Waals surface area (Å²) in [5, 5.41) is 153. The second kappa shape index (κ2) is 32.7. The van der Waals surface area contributed by atoms with Crippen LogP contribution in [0.5, 0.6) is 17.2 Å².